The van der Waals surface area contributed by atoms with E-state index in [4.69, 9.17) is 5.11 Å². The van der Waals surface area contributed by atoms with Crippen molar-refractivity contribution < 1.29 is 18.3 Å². The monoisotopic (exact) mass is 348 g/mol. The molecule has 2 aromatic rings. The molecule has 1 heterocycles. The summed E-state index contributed by atoms with van der Waals surface area (Å²) in [5.74, 6) is 0. The van der Waals surface area contributed by atoms with Gasteiger partial charge in [0.05, 0.1) is 6.54 Å². The number of aliphatic hydroxyl groups is 1. The maximum atomic E-state index is 12.8. The number of halogens is 4. The highest BCUT2D eigenvalue weighted by atomic mass is 79.9. The minimum absolute atomic E-state index is 0.00926. The zero-order chi connectivity index (χ0) is 14.8. The number of aromatic nitrogens is 2. The van der Waals surface area contributed by atoms with Crippen LogP contribution in [-0.2, 0) is 19.1 Å². The first-order chi connectivity index (χ1) is 9.40. The second-order valence-electron chi connectivity index (χ2n) is 4.30. The van der Waals surface area contributed by atoms with E-state index in [0.717, 1.165) is 10.0 Å². The lowest BCUT2D eigenvalue weighted by atomic mass is 10.2. The fraction of sp³-hybridized carbons (Fsp3) is 0.308. The second kappa shape index (κ2) is 5.97. The number of hydrogen-bond donors (Lipinski definition) is 1. The van der Waals surface area contributed by atoms with Crippen molar-refractivity contribution in [3.05, 3.63) is 51.8 Å². The molecule has 0 bridgehead atoms. The number of nitrogens with zero attached hydrogens (tertiary/aromatic N) is 2. The lowest BCUT2D eigenvalue weighted by molar-refractivity contribution is -0.142. The Balaban J connectivity index is 2.29. The molecule has 0 aliphatic rings. The number of hydrogen-bond acceptors (Lipinski definition) is 2. The Morgan fingerprint density at radius 1 is 1.30 bits per heavy atom. The standard InChI is InChI=1S/C13H12BrF3N2O/c14-11-3-1-2-9(6-11)7-19-8-10(4-5-20)12(18-19)13(15,16)17/h1-3,6,8,20H,4-5,7H2. The molecule has 2 rings (SSSR count). The molecule has 0 amide bonds. The molecule has 0 aliphatic heterocycles. The molecule has 0 saturated heterocycles. The van der Waals surface area contributed by atoms with Gasteiger partial charge in [-0.3, -0.25) is 4.68 Å². The van der Waals surface area contributed by atoms with Crippen LogP contribution in [-0.4, -0.2) is 21.5 Å². The SMILES string of the molecule is OCCc1cn(Cc2cccc(Br)c2)nc1C(F)(F)F. The zero-order valence-electron chi connectivity index (χ0n) is 10.4. The fourth-order valence-corrected chi connectivity index (χ4v) is 2.35. The van der Waals surface area contributed by atoms with Crippen molar-refractivity contribution >= 4 is 15.9 Å². The van der Waals surface area contributed by atoms with Crippen molar-refractivity contribution in [1.82, 2.24) is 9.78 Å². The smallest absolute Gasteiger partial charge is 0.396 e. The Hall–Kier alpha value is -1.34. The quantitative estimate of drug-likeness (QED) is 0.920. The first-order valence-corrected chi connectivity index (χ1v) is 6.68. The van der Waals surface area contributed by atoms with Crippen LogP contribution in [0, 0.1) is 0 Å². The van der Waals surface area contributed by atoms with Crippen LogP contribution < -0.4 is 0 Å². The Kier molecular flexibility index (Phi) is 4.49. The van der Waals surface area contributed by atoms with E-state index in [-0.39, 0.29) is 25.1 Å². The van der Waals surface area contributed by atoms with Gasteiger partial charge in [0.1, 0.15) is 0 Å². The van der Waals surface area contributed by atoms with E-state index in [1.165, 1.54) is 10.9 Å². The molecule has 0 unspecified atom stereocenters. The summed E-state index contributed by atoms with van der Waals surface area (Å²) in [5, 5.41) is 12.4. The molecule has 0 atom stereocenters. The van der Waals surface area contributed by atoms with Gasteiger partial charge in [0, 0.05) is 22.8 Å². The summed E-state index contributed by atoms with van der Waals surface area (Å²) in [5.41, 5.74) is -0.0808. The summed E-state index contributed by atoms with van der Waals surface area (Å²) in [6, 6.07) is 7.28. The van der Waals surface area contributed by atoms with E-state index < -0.39 is 11.9 Å². The Morgan fingerprint density at radius 2 is 2.05 bits per heavy atom. The molecule has 0 saturated carbocycles. The molecule has 1 aromatic carbocycles. The first-order valence-electron chi connectivity index (χ1n) is 5.89. The third-order valence-electron chi connectivity index (χ3n) is 2.72. The van der Waals surface area contributed by atoms with Crippen LogP contribution in [0.5, 0.6) is 0 Å². The summed E-state index contributed by atoms with van der Waals surface area (Å²) in [6.45, 7) is -0.0976. The van der Waals surface area contributed by atoms with E-state index in [9.17, 15) is 13.2 Å². The van der Waals surface area contributed by atoms with Crippen LogP contribution in [0.1, 0.15) is 16.8 Å². The van der Waals surface area contributed by atoms with Gasteiger partial charge < -0.3 is 5.11 Å². The topological polar surface area (TPSA) is 38.0 Å². The van der Waals surface area contributed by atoms with Crippen LogP contribution in [0.3, 0.4) is 0 Å². The second-order valence-corrected chi connectivity index (χ2v) is 5.22. The third-order valence-corrected chi connectivity index (χ3v) is 3.21. The molecule has 7 heteroatoms. The maximum Gasteiger partial charge on any atom is 0.435 e. The third kappa shape index (κ3) is 3.61. The molecule has 0 fully saturated rings. The van der Waals surface area contributed by atoms with E-state index >= 15 is 0 Å². The molecule has 108 valence electrons. The van der Waals surface area contributed by atoms with Gasteiger partial charge in [-0.15, -0.1) is 0 Å². The van der Waals surface area contributed by atoms with Crippen molar-refractivity contribution in [2.45, 2.75) is 19.1 Å². The number of benzene rings is 1. The molecule has 20 heavy (non-hydrogen) atoms. The van der Waals surface area contributed by atoms with Crippen molar-refractivity contribution in [3.8, 4) is 0 Å². The predicted molar refractivity (Wildman–Crippen MR) is 71.3 cm³/mol. The van der Waals surface area contributed by atoms with E-state index in [1.54, 1.807) is 0 Å². The van der Waals surface area contributed by atoms with Crippen molar-refractivity contribution in [2.75, 3.05) is 6.61 Å². The van der Waals surface area contributed by atoms with Crippen molar-refractivity contribution in [3.63, 3.8) is 0 Å². The number of alkyl halides is 3. The molecular formula is C13H12BrF3N2O. The van der Waals surface area contributed by atoms with E-state index in [1.807, 2.05) is 24.3 Å². The van der Waals surface area contributed by atoms with Gasteiger partial charge in [-0.25, -0.2) is 0 Å². The van der Waals surface area contributed by atoms with Crippen molar-refractivity contribution in [2.24, 2.45) is 0 Å². The molecule has 1 aromatic heterocycles. The lowest BCUT2D eigenvalue weighted by Crippen LogP contribution is -2.11. The van der Waals surface area contributed by atoms with E-state index in [0.29, 0.717) is 0 Å². The average Bonchev–Trinajstić information content (AvgIpc) is 2.72. The van der Waals surface area contributed by atoms with Crippen LogP contribution >= 0.6 is 15.9 Å². The zero-order valence-corrected chi connectivity index (χ0v) is 11.9. The van der Waals surface area contributed by atoms with Gasteiger partial charge in [0.2, 0.25) is 0 Å². The summed E-state index contributed by atoms with van der Waals surface area (Å²) < 4.78 is 40.6. The Bertz CT molecular complexity index is 596. The van der Waals surface area contributed by atoms with Crippen LogP contribution in [0.25, 0.3) is 0 Å². The van der Waals surface area contributed by atoms with Gasteiger partial charge in [-0.2, -0.15) is 18.3 Å². The predicted octanol–water partition coefficient (Wildman–Crippen LogP) is 3.25. The Labute approximate surface area is 122 Å². The summed E-state index contributed by atoms with van der Waals surface area (Å²) in [4.78, 5) is 0. The van der Waals surface area contributed by atoms with Gasteiger partial charge in [0.15, 0.2) is 5.69 Å². The van der Waals surface area contributed by atoms with Crippen LogP contribution in [0.2, 0.25) is 0 Å². The molecular weight excluding hydrogens is 337 g/mol. The van der Waals surface area contributed by atoms with Crippen LogP contribution in [0.4, 0.5) is 13.2 Å². The Morgan fingerprint density at radius 3 is 2.65 bits per heavy atom. The minimum atomic E-state index is -4.51. The summed E-state index contributed by atoms with van der Waals surface area (Å²) >= 11 is 3.31. The number of rotatable bonds is 4. The molecule has 0 spiro atoms. The minimum Gasteiger partial charge on any atom is -0.396 e. The highest BCUT2D eigenvalue weighted by Crippen LogP contribution is 2.31. The number of aliphatic hydroxyl groups excluding tert-OH is 1. The first kappa shape index (κ1) is 15.1. The van der Waals surface area contributed by atoms with E-state index in [2.05, 4.69) is 21.0 Å². The van der Waals surface area contributed by atoms with Gasteiger partial charge >= 0.3 is 6.18 Å². The van der Waals surface area contributed by atoms with Crippen molar-refractivity contribution in [1.29, 1.82) is 0 Å². The van der Waals surface area contributed by atoms with Crippen LogP contribution in [0.15, 0.2) is 34.9 Å². The molecule has 0 aliphatic carbocycles. The normalized spacial score (nSPS) is 11.8. The maximum absolute atomic E-state index is 12.8. The molecule has 3 nitrogen and oxygen atoms in total. The highest BCUT2D eigenvalue weighted by Gasteiger charge is 2.36. The molecule has 1 N–H and O–H groups in total. The fourth-order valence-electron chi connectivity index (χ4n) is 1.91. The summed E-state index contributed by atoms with van der Waals surface area (Å²) in [7, 11) is 0. The summed E-state index contributed by atoms with van der Waals surface area (Å²) in [6.07, 6.45) is -3.24. The van der Waals surface area contributed by atoms with Gasteiger partial charge in [-0.05, 0) is 24.1 Å². The van der Waals surface area contributed by atoms with Gasteiger partial charge in [-0.1, -0.05) is 28.1 Å². The average molecular weight is 349 g/mol. The molecule has 0 radical (unpaired) electrons. The largest absolute Gasteiger partial charge is 0.435 e. The lowest BCUT2D eigenvalue weighted by Gasteiger charge is -2.04. The highest BCUT2D eigenvalue weighted by molar-refractivity contribution is 9.10. The van der Waals surface area contributed by atoms with Gasteiger partial charge in [0.25, 0.3) is 0 Å².